The first kappa shape index (κ1) is 14.4. The number of carbonyl (C=O) groups is 1. The molecular weight excluding hydrogens is 256 g/mol. The molecule has 1 aromatic heterocycles. The van der Waals surface area contributed by atoms with Crippen LogP contribution in [0.3, 0.4) is 0 Å². The van der Waals surface area contributed by atoms with Crippen LogP contribution in [-0.2, 0) is 11.3 Å². The Bertz CT molecular complexity index is 659. The predicted octanol–water partition coefficient (Wildman–Crippen LogP) is 2.24. The number of benzene rings is 1. The van der Waals surface area contributed by atoms with Crippen molar-refractivity contribution < 1.29 is 9.21 Å². The third-order valence-corrected chi connectivity index (χ3v) is 3.27. The number of para-hydroxylation sites is 2. The van der Waals surface area contributed by atoms with Gasteiger partial charge >= 0.3 is 5.76 Å². The number of amides is 1. The van der Waals surface area contributed by atoms with Crippen molar-refractivity contribution in [1.29, 1.82) is 0 Å². The summed E-state index contributed by atoms with van der Waals surface area (Å²) in [6.07, 6.45) is 0. The van der Waals surface area contributed by atoms with E-state index < -0.39 is 5.76 Å². The zero-order valence-electron chi connectivity index (χ0n) is 12.3. The smallest absolute Gasteiger partial charge is 0.408 e. The fourth-order valence-corrected chi connectivity index (χ4v) is 2.55. The van der Waals surface area contributed by atoms with E-state index in [1.807, 2.05) is 33.8 Å². The lowest BCUT2D eigenvalue weighted by atomic mass is 10.2. The van der Waals surface area contributed by atoms with Gasteiger partial charge in [0.25, 0.3) is 0 Å². The second-order valence-corrected chi connectivity index (χ2v) is 5.41. The van der Waals surface area contributed by atoms with Crippen LogP contribution in [-0.4, -0.2) is 27.5 Å². The first-order chi connectivity index (χ1) is 9.41. The van der Waals surface area contributed by atoms with Gasteiger partial charge in [-0.3, -0.25) is 9.36 Å². The van der Waals surface area contributed by atoms with E-state index in [4.69, 9.17) is 4.42 Å². The molecule has 1 heterocycles. The minimum Gasteiger partial charge on any atom is -0.408 e. The van der Waals surface area contributed by atoms with Crippen LogP contribution in [0.2, 0.25) is 0 Å². The average Bonchev–Trinajstić information content (AvgIpc) is 2.65. The van der Waals surface area contributed by atoms with Crippen molar-refractivity contribution in [3.05, 3.63) is 34.8 Å². The highest BCUT2D eigenvalue weighted by Gasteiger charge is 2.22. The lowest BCUT2D eigenvalue weighted by Crippen LogP contribution is -2.44. The van der Waals surface area contributed by atoms with Gasteiger partial charge in [-0.15, -0.1) is 0 Å². The fraction of sp³-hybridized carbons (Fsp3) is 0.467. The molecule has 1 amide bonds. The zero-order valence-corrected chi connectivity index (χ0v) is 12.3. The zero-order chi connectivity index (χ0) is 14.9. The monoisotopic (exact) mass is 276 g/mol. The van der Waals surface area contributed by atoms with Crippen molar-refractivity contribution in [1.82, 2.24) is 9.47 Å². The van der Waals surface area contributed by atoms with Gasteiger partial charge < -0.3 is 9.32 Å². The predicted molar refractivity (Wildman–Crippen MR) is 77.6 cm³/mol. The van der Waals surface area contributed by atoms with Gasteiger partial charge in [-0.1, -0.05) is 12.1 Å². The second-order valence-electron chi connectivity index (χ2n) is 5.41. The Hall–Kier alpha value is -2.04. The van der Waals surface area contributed by atoms with E-state index in [9.17, 15) is 9.59 Å². The Morgan fingerprint density at radius 2 is 1.80 bits per heavy atom. The lowest BCUT2D eigenvalue weighted by Gasteiger charge is -2.30. The summed E-state index contributed by atoms with van der Waals surface area (Å²) < 4.78 is 6.52. The number of hydrogen-bond acceptors (Lipinski definition) is 3. The third kappa shape index (κ3) is 2.61. The molecule has 2 aromatic rings. The summed E-state index contributed by atoms with van der Waals surface area (Å²) in [6, 6.07) is 7.31. The molecule has 0 aliphatic heterocycles. The number of carbonyl (C=O) groups excluding carboxylic acids is 1. The van der Waals surface area contributed by atoms with E-state index in [1.54, 1.807) is 23.1 Å². The molecule has 0 aliphatic carbocycles. The summed E-state index contributed by atoms with van der Waals surface area (Å²) in [5.41, 5.74) is 1.16. The maximum absolute atomic E-state index is 12.4. The molecule has 5 nitrogen and oxygen atoms in total. The van der Waals surface area contributed by atoms with E-state index in [0.29, 0.717) is 11.1 Å². The standard InChI is InChI=1S/C15H20N2O3/c1-10(2)17(11(3)4)14(18)9-16-12-7-5-6-8-13(12)20-15(16)19/h5-8,10-11H,9H2,1-4H3. The molecule has 0 saturated carbocycles. The van der Waals surface area contributed by atoms with Crippen LogP contribution in [0, 0.1) is 0 Å². The first-order valence-corrected chi connectivity index (χ1v) is 6.81. The minimum atomic E-state index is -0.494. The van der Waals surface area contributed by atoms with E-state index >= 15 is 0 Å². The highest BCUT2D eigenvalue weighted by Crippen LogP contribution is 2.13. The summed E-state index contributed by atoms with van der Waals surface area (Å²) in [5, 5.41) is 0. The Balaban J connectivity index is 2.35. The Morgan fingerprint density at radius 3 is 2.40 bits per heavy atom. The van der Waals surface area contributed by atoms with E-state index in [0.717, 1.165) is 0 Å². The average molecular weight is 276 g/mol. The topological polar surface area (TPSA) is 55.5 Å². The Morgan fingerprint density at radius 1 is 1.20 bits per heavy atom. The molecule has 1 aromatic carbocycles. The molecule has 0 spiro atoms. The summed E-state index contributed by atoms with van der Waals surface area (Å²) in [5.74, 6) is -0.573. The molecule has 0 bridgehead atoms. The Labute approximate surface area is 117 Å². The maximum Gasteiger partial charge on any atom is 0.420 e. The highest BCUT2D eigenvalue weighted by molar-refractivity contribution is 5.80. The van der Waals surface area contributed by atoms with Crippen LogP contribution < -0.4 is 5.76 Å². The van der Waals surface area contributed by atoms with Gasteiger partial charge in [0.05, 0.1) is 5.52 Å². The van der Waals surface area contributed by atoms with E-state index in [2.05, 4.69) is 0 Å². The lowest BCUT2D eigenvalue weighted by molar-refractivity contribution is -0.135. The van der Waals surface area contributed by atoms with Gasteiger partial charge in [-0.05, 0) is 39.8 Å². The number of oxazole rings is 1. The third-order valence-electron chi connectivity index (χ3n) is 3.27. The molecule has 0 unspecified atom stereocenters. The first-order valence-electron chi connectivity index (χ1n) is 6.81. The SMILES string of the molecule is CC(C)N(C(=O)Cn1c(=O)oc2ccccc21)C(C)C. The summed E-state index contributed by atoms with van der Waals surface area (Å²) in [6.45, 7) is 7.87. The molecule has 5 heteroatoms. The molecule has 0 radical (unpaired) electrons. The number of aromatic nitrogens is 1. The summed E-state index contributed by atoms with van der Waals surface area (Å²) >= 11 is 0. The van der Waals surface area contributed by atoms with Crippen molar-refractivity contribution >= 4 is 17.0 Å². The van der Waals surface area contributed by atoms with Crippen LogP contribution >= 0.6 is 0 Å². The van der Waals surface area contributed by atoms with Gasteiger partial charge in [-0.25, -0.2) is 4.79 Å². The molecular formula is C15H20N2O3. The molecule has 0 aliphatic rings. The number of hydrogen-bond donors (Lipinski definition) is 0. The van der Waals surface area contributed by atoms with Gasteiger partial charge in [0.1, 0.15) is 6.54 Å². The van der Waals surface area contributed by atoms with Gasteiger partial charge in [-0.2, -0.15) is 0 Å². The van der Waals surface area contributed by atoms with Crippen LogP contribution in [0.5, 0.6) is 0 Å². The van der Waals surface area contributed by atoms with Crippen molar-refractivity contribution in [2.45, 2.75) is 46.3 Å². The quantitative estimate of drug-likeness (QED) is 0.860. The minimum absolute atomic E-state index is 0.00616. The molecule has 20 heavy (non-hydrogen) atoms. The van der Waals surface area contributed by atoms with E-state index in [1.165, 1.54) is 4.57 Å². The molecule has 108 valence electrons. The molecule has 0 saturated heterocycles. The molecule has 0 N–H and O–H groups in total. The summed E-state index contributed by atoms with van der Waals surface area (Å²) in [7, 11) is 0. The normalized spacial score (nSPS) is 11.5. The Kier molecular flexibility index (Phi) is 3.97. The van der Waals surface area contributed by atoms with Gasteiger partial charge in [0.15, 0.2) is 5.58 Å². The van der Waals surface area contributed by atoms with Crippen LogP contribution in [0.15, 0.2) is 33.5 Å². The van der Waals surface area contributed by atoms with Gasteiger partial charge in [0.2, 0.25) is 5.91 Å². The molecule has 2 rings (SSSR count). The largest absolute Gasteiger partial charge is 0.420 e. The summed E-state index contributed by atoms with van der Waals surface area (Å²) in [4.78, 5) is 26.0. The van der Waals surface area contributed by atoms with Gasteiger partial charge in [0, 0.05) is 12.1 Å². The number of rotatable bonds is 4. The van der Waals surface area contributed by atoms with Crippen LogP contribution in [0.25, 0.3) is 11.1 Å². The number of nitrogens with zero attached hydrogens (tertiary/aromatic N) is 2. The van der Waals surface area contributed by atoms with Crippen molar-refractivity contribution in [2.24, 2.45) is 0 Å². The number of fused-ring (bicyclic) bond motifs is 1. The van der Waals surface area contributed by atoms with Crippen molar-refractivity contribution in [3.8, 4) is 0 Å². The maximum atomic E-state index is 12.4. The van der Waals surface area contributed by atoms with Crippen molar-refractivity contribution in [2.75, 3.05) is 0 Å². The van der Waals surface area contributed by atoms with Crippen LogP contribution in [0.4, 0.5) is 0 Å². The van der Waals surface area contributed by atoms with Crippen LogP contribution in [0.1, 0.15) is 27.7 Å². The van der Waals surface area contributed by atoms with E-state index in [-0.39, 0.29) is 24.5 Å². The second kappa shape index (κ2) is 5.53. The van der Waals surface area contributed by atoms with Crippen molar-refractivity contribution in [3.63, 3.8) is 0 Å². The molecule has 0 atom stereocenters. The molecule has 0 fully saturated rings. The highest BCUT2D eigenvalue weighted by atomic mass is 16.4. The fourth-order valence-electron chi connectivity index (χ4n) is 2.55.